The van der Waals surface area contributed by atoms with E-state index in [2.05, 4.69) is 5.32 Å². The van der Waals surface area contributed by atoms with E-state index in [0.29, 0.717) is 17.1 Å². The average Bonchev–Trinajstić information content (AvgIpc) is 2.45. The van der Waals surface area contributed by atoms with Crippen molar-refractivity contribution in [2.75, 3.05) is 19.5 Å². The van der Waals surface area contributed by atoms with Crippen molar-refractivity contribution in [1.82, 2.24) is 0 Å². The summed E-state index contributed by atoms with van der Waals surface area (Å²) in [6, 6.07) is 8.58. The maximum Gasteiger partial charge on any atom is 0.255 e. The number of carbonyl (C=O) groups excluding carboxylic acids is 1. The van der Waals surface area contributed by atoms with Gasteiger partial charge in [-0.1, -0.05) is 0 Å². The highest BCUT2D eigenvalue weighted by Crippen LogP contribution is 2.28. The first-order valence-electron chi connectivity index (χ1n) is 6.10. The summed E-state index contributed by atoms with van der Waals surface area (Å²) in [5.41, 5.74) is 0.641. The van der Waals surface area contributed by atoms with E-state index < -0.39 is 5.91 Å². The van der Waals surface area contributed by atoms with Gasteiger partial charge in [0, 0.05) is 29.4 Å². The number of carbonyl (C=O) groups is 1. The smallest absolute Gasteiger partial charge is 0.255 e. The predicted octanol–water partition coefficient (Wildman–Crippen LogP) is 2.37. The molecular formula is C15H15NO5. The molecule has 6 nitrogen and oxygen atoms in total. The molecule has 21 heavy (non-hydrogen) atoms. The Morgan fingerprint density at radius 1 is 0.952 bits per heavy atom. The highest BCUT2D eigenvalue weighted by Gasteiger charge is 2.11. The molecule has 0 aliphatic rings. The summed E-state index contributed by atoms with van der Waals surface area (Å²) >= 11 is 0. The van der Waals surface area contributed by atoms with Crippen LogP contribution in [-0.4, -0.2) is 30.3 Å². The van der Waals surface area contributed by atoms with E-state index in [1.54, 1.807) is 12.1 Å². The summed E-state index contributed by atoms with van der Waals surface area (Å²) in [7, 11) is 2.99. The van der Waals surface area contributed by atoms with Crippen molar-refractivity contribution in [3.05, 3.63) is 42.0 Å². The van der Waals surface area contributed by atoms with Crippen LogP contribution in [-0.2, 0) is 0 Å². The molecule has 0 radical (unpaired) electrons. The molecule has 0 spiro atoms. The van der Waals surface area contributed by atoms with Gasteiger partial charge in [-0.15, -0.1) is 0 Å². The van der Waals surface area contributed by atoms with E-state index in [0.717, 1.165) is 0 Å². The van der Waals surface area contributed by atoms with Gasteiger partial charge in [0.2, 0.25) is 0 Å². The largest absolute Gasteiger partial charge is 0.508 e. The Bertz CT molecular complexity index is 649. The minimum Gasteiger partial charge on any atom is -0.508 e. The van der Waals surface area contributed by atoms with Crippen molar-refractivity contribution in [2.24, 2.45) is 0 Å². The predicted molar refractivity (Wildman–Crippen MR) is 77.3 cm³/mol. The SMILES string of the molecule is COc1ccc(C(=O)Nc2cc(O)cc(O)c2)cc1OC. The fraction of sp³-hybridized carbons (Fsp3) is 0.133. The molecule has 0 unspecified atom stereocenters. The summed E-state index contributed by atoms with van der Waals surface area (Å²) in [6.45, 7) is 0. The van der Waals surface area contributed by atoms with Crippen LogP contribution in [0.1, 0.15) is 10.4 Å². The molecule has 0 atom stereocenters. The Labute approximate surface area is 121 Å². The second kappa shape index (κ2) is 6.04. The van der Waals surface area contributed by atoms with Gasteiger partial charge >= 0.3 is 0 Å². The van der Waals surface area contributed by atoms with E-state index >= 15 is 0 Å². The van der Waals surface area contributed by atoms with Crippen LogP contribution in [0.5, 0.6) is 23.0 Å². The van der Waals surface area contributed by atoms with Crippen molar-refractivity contribution in [1.29, 1.82) is 0 Å². The average molecular weight is 289 g/mol. The van der Waals surface area contributed by atoms with Crippen LogP contribution >= 0.6 is 0 Å². The van der Waals surface area contributed by atoms with E-state index in [-0.39, 0.29) is 17.2 Å². The van der Waals surface area contributed by atoms with Gasteiger partial charge in [-0.3, -0.25) is 4.79 Å². The lowest BCUT2D eigenvalue weighted by molar-refractivity contribution is 0.102. The third-order valence-corrected chi connectivity index (χ3v) is 2.81. The van der Waals surface area contributed by atoms with E-state index in [1.165, 1.54) is 38.5 Å². The van der Waals surface area contributed by atoms with Crippen LogP contribution < -0.4 is 14.8 Å². The topological polar surface area (TPSA) is 88.0 Å². The molecule has 0 saturated heterocycles. The third kappa shape index (κ3) is 3.36. The lowest BCUT2D eigenvalue weighted by atomic mass is 10.1. The quantitative estimate of drug-likeness (QED) is 0.804. The van der Waals surface area contributed by atoms with Crippen molar-refractivity contribution >= 4 is 11.6 Å². The lowest BCUT2D eigenvalue weighted by Crippen LogP contribution is -2.12. The van der Waals surface area contributed by atoms with Crippen LogP contribution in [0.25, 0.3) is 0 Å². The molecule has 0 bridgehead atoms. The zero-order valence-corrected chi connectivity index (χ0v) is 11.6. The van der Waals surface area contributed by atoms with Gasteiger partial charge in [0.15, 0.2) is 11.5 Å². The second-order valence-electron chi connectivity index (χ2n) is 4.26. The molecular weight excluding hydrogens is 274 g/mol. The molecule has 0 fully saturated rings. The van der Waals surface area contributed by atoms with Gasteiger partial charge in [-0.2, -0.15) is 0 Å². The molecule has 3 N–H and O–H groups in total. The first-order valence-corrected chi connectivity index (χ1v) is 6.10. The Morgan fingerprint density at radius 3 is 2.14 bits per heavy atom. The second-order valence-corrected chi connectivity index (χ2v) is 4.26. The summed E-state index contributed by atoms with van der Waals surface area (Å²) in [6.07, 6.45) is 0. The zero-order chi connectivity index (χ0) is 15.4. The van der Waals surface area contributed by atoms with Crippen molar-refractivity contribution in [3.63, 3.8) is 0 Å². The minimum absolute atomic E-state index is 0.141. The Balaban J connectivity index is 2.24. The summed E-state index contributed by atoms with van der Waals surface area (Å²) in [4.78, 5) is 12.1. The molecule has 1 amide bonds. The number of hydrogen-bond donors (Lipinski definition) is 3. The lowest BCUT2D eigenvalue weighted by Gasteiger charge is -2.10. The third-order valence-electron chi connectivity index (χ3n) is 2.81. The first-order chi connectivity index (χ1) is 10.0. The summed E-state index contributed by atoms with van der Waals surface area (Å²) in [5, 5.41) is 21.3. The number of anilines is 1. The molecule has 0 aliphatic carbocycles. The number of benzene rings is 2. The number of rotatable bonds is 4. The normalized spacial score (nSPS) is 10.0. The van der Waals surface area contributed by atoms with Gasteiger partial charge in [0.25, 0.3) is 5.91 Å². The van der Waals surface area contributed by atoms with E-state index in [9.17, 15) is 15.0 Å². The number of phenolic OH excluding ortho intramolecular Hbond substituents is 2. The maximum atomic E-state index is 12.1. The molecule has 110 valence electrons. The van der Waals surface area contributed by atoms with Gasteiger partial charge in [-0.05, 0) is 18.2 Å². The standard InChI is InChI=1S/C15H15NO5/c1-20-13-4-3-9(5-14(13)21-2)15(19)16-10-6-11(17)8-12(18)7-10/h3-8,17-18H,1-2H3,(H,16,19). The summed E-state index contributed by atoms with van der Waals surface area (Å²) in [5.74, 6) is 0.268. The molecule has 2 aromatic rings. The van der Waals surface area contributed by atoms with Crippen molar-refractivity contribution in [2.45, 2.75) is 0 Å². The van der Waals surface area contributed by atoms with E-state index in [1.807, 2.05) is 0 Å². The van der Waals surface area contributed by atoms with Crippen LogP contribution in [0.15, 0.2) is 36.4 Å². The Kier molecular flexibility index (Phi) is 4.18. The molecule has 0 saturated carbocycles. The number of phenols is 2. The molecule has 0 aromatic heterocycles. The number of amides is 1. The monoisotopic (exact) mass is 289 g/mol. The molecule has 2 aromatic carbocycles. The molecule has 6 heteroatoms. The molecule has 0 aliphatic heterocycles. The number of hydrogen-bond acceptors (Lipinski definition) is 5. The number of aromatic hydroxyl groups is 2. The van der Waals surface area contributed by atoms with Crippen LogP contribution in [0.4, 0.5) is 5.69 Å². The first kappa shape index (κ1) is 14.5. The fourth-order valence-corrected chi connectivity index (χ4v) is 1.85. The minimum atomic E-state index is -0.402. The van der Waals surface area contributed by atoms with Crippen molar-refractivity contribution in [3.8, 4) is 23.0 Å². The zero-order valence-electron chi connectivity index (χ0n) is 11.6. The van der Waals surface area contributed by atoms with Gasteiger partial charge in [-0.25, -0.2) is 0 Å². The summed E-state index contributed by atoms with van der Waals surface area (Å²) < 4.78 is 10.2. The van der Waals surface area contributed by atoms with Crippen LogP contribution in [0, 0.1) is 0 Å². The Hall–Kier alpha value is -2.89. The highest BCUT2D eigenvalue weighted by atomic mass is 16.5. The number of ether oxygens (including phenoxy) is 2. The van der Waals surface area contributed by atoms with Crippen LogP contribution in [0.3, 0.4) is 0 Å². The van der Waals surface area contributed by atoms with Crippen LogP contribution in [0.2, 0.25) is 0 Å². The van der Waals surface area contributed by atoms with Gasteiger partial charge < -0.3 is 25.0 Å². The Morgan fingerprint density at radius 2 is 1.57 bits per heavy atom. The molecule has 0 heterocycles. The number of nitrogens with one attached hydrogen (secondary N) is 1. The highest BCUT2D eigenvalue weighted by molar-refractivity contribution is 6.04. The maximum absolute atomic E-state index is 12.1. The van der Waals surface area contributed by atoms with E-state index in [4.69, 9.17) is 9.47 Å². The van der Waals surface area contributed by atoms with Crippen molar-refractivity contribution < 1.29 is 24.5 Å². The molecule has 2 rings (SSSR count). The fourth-order valence-electron chi connectivity index (χ4n) is 1.85. The van der Waals surface area contributed by atoms with Gasteiger partial charge in [0.05, 0.1) is 14.2 Å². The van der Waals surface area contributed by atoms with Gasteiger partial charge in [0.1, 0.15) is 11.5 Å². The number of methoxy groups -OCH3 is 2.